The number of Topliss-reactive ketones (excluding diaryl/α,β-unsaturated/α-hetero) is 1. The molecule has 1 amide bonds. The van der Waals surface area contributed by atoms with Crippen molar-refractivity contribution in [2.75, 3.05) is 31.1 Å². The Morgan fingerprint density at radius 2 is 2.00 bits per heavy atom. The monoisotopic (exact) mass is 330 g/mol. The number of fused-ring (bicyclic) bond motifs is 1. The number of anilines is 1. The molecule has 130 valence electrons. The summed E-state index contributed by atoms with van der Waals surface area (Å²) in [6.45, 7) is 7.50. The molecule has 2 aliphatic rings. The average molecular weight is 330 g/mol. The lowest BCUT2D eigenvalue weighted by Crippen LogP contribution is -2.47. The summed E-state index contributed by atoms with van der Waals surface area (Å²) in [5.41, 5.74) is 1.40. The second-order valence-corrected chi connectivity index (χ2v) is 6.65. The van der Waals surface area contributed by atoms with Gasteiger partial charge in [-0.25, -0.2) is 0 Å². The number of amides is 1. The Kier molecular flexibility index (Phi) is 5.19. The number of nitrogens with zero attached hydrogens (tertiary/aromatic N) is 2. The van der Waals surface area contributed by atoms with E-state index in [1.165, 1.54) is 12.8 Å². The van der Waals surface area contributed by atoms with Gasteiger partial charge in [-0.1, -0.05) is 6.92 Å². The van der Waals surface area contributed by atoms with Gasteiger partial charge in [0.25, 0.3) is 5.91 Å². The maximum Gasteiger partial charge on any atom is 0.267 e. The first kappa shape index (κ1) is 17.0. The van der Waals surface area contributed by atoms with Crippen LogP contribution in [0.25, 0.3) is 0 Å². The first-order chi connectivity index (χ1) is 11.6. The van der Waals surface area contributed by atoms with Gasteiger partial charge in [-0.3, -0.25) is 9.59 Å². The lowest BCUT2D eigenvalue weighted by Gasteiger charge is -2.34. The predicted molar refractivity (Wildman–Crippen MR) is 93.8 cm³/mol. The zero-order valence-corrected chi connectivity index (χ0v) is 14.6. The molecule has 0 aromatic heterocycles. The van der Waals surface area contributed by atoms with Crippen LogP contribution in [-0.4, -0.2) is 48.9 Å². The van der Waals surface area contributed by atoms with Crippen molar-refractivity contribution in [3.05, 3.63) is 23.8 Å². The third-order valence-corrected chi connectivity index (χ3v) is 4.80. The summed E-state index contributed by atoms with van der Waals surface area (Å²) in [5, 5.41) is 0. The molecule has 24 heavy (non-hydrogen) atoms. The molecule has 0 radical (unpaired) electrons. The summed E-state index contributed by atoms with van der Waals surface area (Å²) in [5.74, 6) is 0.782. The highest BCUT2D eigenvalue weighted by Crippen LogP contribution is 2.35. The molecule has 0 aliphatic carbocycles. The fourth-order valence-electron chi connectivity index (χ4n) is 3.43. The molecule has 2 aliphatic heterocycles. The number of ketones is 1. The Morgan fingerprint density at radius 1 is 1.25 bits per heavy atom. The van der Waals surface area contributed by atoms with Crippen LogP contribution in [0, 0.1) is 0 Å². The minimum Gasteiger partial charge on any atom is -0.479 e. The van der Waals surface area contributed by atoms with Gasteiger partial charge >= 0.3 is 0 Å². The lowest BCUT2D eigenvalue weighted by atomic mass is 10.0. The standard InChI is InChI=1S/C19H26N2O3/c1-3-6-17(22)15-7-8-18-16(13-15)21(19(23)14(2)24-18)12-11-20-9-4-5-10-20/h7-8,13-14H,3-6,9-12H2,1-2H3. The van der Waals surface area contributed by atoms with E-state index in [4.69, 9.17) is 4.74 Å². The van der Waals surface area contributed by atoms with Crippen LogP contribution in [-0.2, 0) is 4.79 Å². The highest BCUT2D eigenvalue weighted by atomic mass is 16.5. The Morgan fingerprint density at radius 3 is 2.71 bits per heavy atom. The van der Waals surface area contributed by atoms with Gasteiger partial charge in [-0.2, -0.15) is 0 Å². The number of carbonyl (C=O) groups is 2. The number of carbonyl (C=O) groups excluding carboxylic acids is 2. The van der Waals surface area contributed by atoms with Gasteiger partial charge in [0.15, 0.2) is 11.9 Å². The minimum absolute atomic E-state index is 0.0261. The van der Waals surface area contributed by atoms with Crippen LogP contribution >= 0.6 is 0 Å². The van der Waals surface area contributed by atoms with Crippen LogP contribution in [0.15, 0.2) is 18.2 Å². The summed E-state index contributed by atoms with van der Waals surface area (Å²) in [6, 6.07) is 5.45. The van der Waals surface area contributed by atoms with Crippen LogP contribution in [0.3, 0.4) is 0 Å². The Labute approximate surface area is 143 Å². The van der Waals surface area contributed by atoms with Crippen molar-refractivity contribution < 1.29 is 14.3 Å². The Bertz CT molecular complexity index is 623. The summed E-state index contributed by atoms with van der Waals surface area (Å²) < 4.78 is 5.72. The lowest BCUT2D eigenvalue weighted by molar-refractivity contribution is -0.125. The van der Waals surface area contributed by atoms with E-state index in [1.54, 1.807) is 17.9 Å². The van der Waals surface area contributed by atoms with Gasteiger partial charge in [0, 0.05) is 25.1 Å². The quantitative estimate of drug-likeness (QED) is 0.753. The van der Waals surface area contributed by atoms with Gasteiger partial charge in [0.05, 0.1) is 5.69 Å². The maximum absolute atomic E-state index is 12.6. The summed E-state index contributed by atoms with van der Waals surface area (Å²) in [6.07, 6.45) is 3.34. The maximum atomic E-state index is 12.6. The summed E-state index contributed by atoms with van der Waals surface area (Å²) in [7, 11) is 0. The molecule has 3 rings (SSSR count). The smallest absolute Gasteiger partial charge is 0.267 e. The Hall–Kier alpha value is -1.88. The van der Waals surface area contributed by atoms with E-state index in [2.05, 4.69) is 4.90 Å². The van der Waals surface area contributed by atoms with Gasteiger partial charge in [-0.05, 0) is 57.5 Å². The van der Waals surface area contributed by atoms with Crippen molar-refractivity contribution in [2.24, 2.45) is 0 Å². The highest BCUT2D eigenvalue weighted by Gasteiger charge is 2.32. The van der Waals surface area contributed by atoms with Crippen molar-refractivity contribution in [3.8, 4) is 5.75 Å². The third-order valence-electron chi connectivity index (χ3n) is 4.80. The molecule has 5 nitrogen and oxygen atoms in total. The number of hydrogen-bond donors (Lipinski definition) is 0. The number of likely N-dealkylation sites (tertiary alicyclic amines) is 1. The number of benzene rings is 1. The molecule has 1 aromatic rings. The molecule has 2 heterocycles. The number of rotatable bonds is 6. The summed E-state index contributed by atoms with van der Waals surface area (Å²) >= 11 is 0. The van der Waals surface area contributed by atoms with Crippen molar-refractivity contribution in [1.29, 1.82) is 0 Å². The predicted octanol–water partition coefficient (Wildman–Crippen LogP) is 2.88. The van der Waals surface area contributed by atoms with Crippen LogP contribution in [0.5, 0.6) is 5.75 Å². The van der Waals surface area contributed by atoms with E-state index >= 15 is 0 Å². The molecular formula is C19H26N2O3. The first-order valence-electron chi connectivity index (χ1n) is 8.97. The first-order valence-corrected chi connectivity index (χ1v) is 8.97. The van der Waals surface area contributed by atoms with Crippen molar-refractivity contribution in [2.45, 2.75) is 45.6 Å². The van der Waals surface area contributed by atoms with Gasteiger partial charge < -0.3 is 14.5 Å². The molecule has 1 saturated heterocycles. The van der Waals surface area contributed by atoms with E-state index in [9.17, 15) is 9.59 Å². The van der Waals surface area contributed by atoms with Crippen LogP contribution in [0.1, 0.15) is 49.9 Å². The molecule has 0 saturated carbocycles. The van der Waals surface area contributed by atoms with Gasteiger partial charge in [0.2, 0.25) is 0 Å². The highest BCUT2D eigenvalue weighted by molar-refractivity contribution is 6.03. The fourth-order valence-corrected chi connectivity index (χ4v) is 3.43. The molecule has 0 N–H and O–H groups in total. The fraction of sp³-hybridized carbons (Fsp3) is 0.579. The summed E-state index contributed by atoms with van der Waals surface area (Å²) in [4.78, 5) is 29.0. The molecule has 0 bridgehead atoms. The van der Waals surface area contributed by atoms with Gasteiger partial charge in [-0.15, -0.1) is 0 Å². The normalized spacial score (nSPS) is 20.8. The van der Waals surface area contributed by atoms with Crippen LogP contribution < -0.4 is 9.64 Å². The second kappa shape index (κ2) is 7.34. The van der Waals surface area contributed by atoms with E-state index in [0.29, 0.717) is 24.3 Å². The molecule has 1 unspecified atom stereocenters. The molecular weight excluding hydrogens is 304 g/mol. The topological polar surface area (TPSA) is 49.9 Å². The van der Waals surface area contributed by atoms with Crippen LogP contribution in [0.2, 0.25) is 0 Å². The van der Waals surface area contributed by atoms with Gasteiger partial charge in [0.1, 0.15) is 5.75 Å². The third kappa shape index (κ3) is 3.46. The molecule has 5 heteroatoms. The molecule has 0 spiro atoms. The molecule has 1 fully saturated rings. The van der Waals surface area contributed by atoms with Crippen molar-refractivity contribution in [3.63, 3.8) is 0 Å². The Balaban J connectivity index is 1.83. The van der Waals surface area contributed by atoms with Crippen molar-refractivity contribution in [1.82, 2.24) is 4.90 Å². The number of hydrogen-bond acceptors (Lipinski definition) is 4. The van der Waals surface area contributed by atoms with E-state index in [1.807, 2.05) is 19.1 Å². The van der Waals surface area contributed by atoms with E-state index < -0.39 is 6.10 Å². The number of ether oxygens (including phenoxy) is 1. The molecule has 1 atom stereocenters. The SMILES string of the molecule is CCCC(=O)c1ccc2c(c1)N(CCN1CCCC1)C(=O)C(C)O2. The minimum atomic E-state index is -0.478. The van der Waals surface area contributed by atoms with E-state index in [0.717, 1.165) is 31.7 Å². The van der Waals surface area contributed by atoms with E-state index in [-0.39, 0.29) is 11.7 Å². The van der Waals surface area contributed by atoms with Crippen molar-refractivity contribution >= 4 is 17.4 Å². The average Bonchev–Trinajstić information content (AvgIpc) is 3.08. The zero-order valence-electron chi connectivity index (χ0n) is 14.6. The largest absolute Gasteiger partial charge is 0.479 e. The zero-order chi connectivity index (χ0) is 17.1. The second-order valence-electron chi connectivity index (χ2n) is 6.65. The van der Waals surface area contributed by atoms with Crippen LogP contribution in [0.4, 0.5) is 5.69 Å². The molecule has 1 aromatic carbocycles.